The number of rotatable bonds is 6. The first-order valence-electron chi connectivity index (χ1n) is 7.06. The molecule has 0 radical (unpaired) electrons. The molecule has 0 aliphatic rings. The Morgan fingerprint density at radius 1 is 1.44 bits per heavy atom. The molecule has 0 unspecified atom stereocenters. The maximum atomic E-state index is 11.9. The summed E-state index contributed by atoms with van der Waals surface area (Å²) in [5.74, 6) is -0.616. The molecule has 1 aromatic carbocycles. The molecular formula is C14H16N6O5. The number of hydrogen-bond acceptors (Lipinski definition) is 8. The van der Waals surface area contributed by atoms with Crippen molar-refractivity contribution >= 4 is 17.9 Å². The SMILES string of the molecule is COc1cccc(/C=N/NC(=O)[C@H](C)Nc2n[nH]c(=O)[nH]c2=O)c1O. The zero-order chi connectivity index (χ0) is 18.4. The number of phenols is 1. The van der Waals surface area contributed by atoms with E-state index in [0.717, 1.165) is 0 Å². The van der Waals surface area contributed by atoms with Crippen molar-refractivity contribution in [2.75, 3.05) is 12.4 Å². The summed E-state index contributed by atoms with van der Waals surface area (Å²) in [6, 6.07) is 3.95. The number of phenolic OH excluding ortho intramolecular Hbond substituents is 1. The topological polar surface area (TPSA) is 162 Å². The molecule has 1 aromatic heterocycles. The summed E-state index contributed by atoms with van der Waals surface area (Å²) < 4.78 is 4.96. The number of para-hydroxylation sites is 1. The standard InChI is InChI=1S/C14H16N6O5/c1-7(16-11-13(23)17-14(24)20-18-11)12(22)19-15-6-8-4-3-5-9(25-2)10(8)21/h3-7,21H,1-2H3,(H,16,18)(H,19,22)(H2,17,20,23,24)/b15-6+/t7-/m0/s1. The van der Waals surface area contributed by atoms with Crippen molar-refractivity contribution in [3.8, 4) is 11.5 Å². The van der Waals surface area contributed by atoms with Crippen LogP contribution < -0.4 is 26.7 Å². The van der Waals surface area contributed by atoms with Crippen LogP contribution in [0.2, 0.25) is 0 Å². The van der Waals surface area contributed by atoms with E-state index in [1.54, 1.807) is 18.2 Å². The molecule has 0 spiro atoms. The summed E-state index contributed by atoms with van der Waals surface area (Å²) in [6.07, 6.45) is 1.24. The quantitative estimate of drug-likeness (QED) is 0.334. The van der Waals surface area contributed by atoms with Crippen molar-refractivity contribution in [3.05, 3.63) is 44.6 Å². The lowest BCUT2D eigenvalue weighted by molar-refractivity contribution is -0.121. The Hall–Kier alpha value is -3.63. The molecule has 1 amide bonds. The van der Waals surface area contributed by atoms with Crippen LogP contribution in [-0.4, -0.2) is 45.6 Å². The van der Waals surface area contributed by atoms with Gasteiger partial charge in [-0.25, -0.2) is 15.3 Å². The monoisotopic (exact) mass is 348 g/mol. The second-order valence-electron chi connectivity index (χ2n) is 4.85. The Morgan fingerprint density at radius 3 is 2.88 bits per heavy atom. The number of amides is 1. The minimum absolute atomic E-state index is 0.113. The Labute approximate surface area is 140 Å². The minimum Gasteiger partial charge on any atom is -0.504 e. The van der Waals surface area contributed by atoms with E-state index >= 15 is 0 Å². The molecule has 132 valence electrons. The highest BCUT2D eigenvalue weighted by molar-refractivity contribution is 5.88. The number of aromatic nitrogens is 3. The van der Waals surface area contributed by atoms with Crippen LogP contribution in [0.4, 0.5) is 5.82 Å². The molecule has 0 saturated heterocycles. The van der Waals surface area contributed by atoms with Gasteiger partial charge < -0.3 is 15.2 Å². The summed E-state index contributed by atoms with van der Waals surface area (Å²) in [4.78, 5) is 36.3. The van der Waals surface area contributed by atoms with Crippen LogP contribution >= 0.6 is 0 Å². The number of aromatic amines is 2. The number of aromatic hydroxyl groups is 1. The molecule has 11 nitrogen and oxygen atoms in total. The zero-order valence-corrected chi connectivity index (χ0v) is 13.4. The highest BCUT2D eigenvalue weighted by Gasteiger charge is 2.14. The van der Waals surface area contributed by atoms with Crippen LogP contribution in [-0.2, 0) is 4.79 Å². The molecule has 2 aromatic rings. The maximum Gasteiger partial charge on any atom is 0.342 e. The summed E-state index contributed by atoms with van der Waals surface area (Å²) in [5, 5.41) is 21.7. The van der Waals surface area contributed by atoms with Crippen LogP contribution in [0.3, 0.4) is 0 Å². The number of methoxy groups -OCH3 is 1. The Kier molecular flexibility index (Phi) is 5.50. The number of nitrogens with zero attached hydrogens (tertiary/aromatic N) is 2. The molecule has 0 fully saturated rings. The largest absolute Gasteiger partial charge is 0.504 e. The van der Waals surface area contributed by atoms with E-state index in [0.29, 0.717) is 5.56 Å². The maximum absolute atomic E-state index is 11.9. The number of benzene rings is 1. The average Bonchev–Trinajstić information content (AvgIpc) is 2.58. The van der Waals surface area contributed by atoms with Crippen molar-refractivity contribution in [2.45, 2.75) is 13.0 Å². The van der Waals surface area contributed by atoms with Gasteiger partial charge in [0, 0.05) is 5.56 Å². The third-order valence-corrected chi connectivity index (χ3v) is 3.09. The van der Waals surface area contributed by atoms with Crippen molar-refractivity contribution in [1.29, 1.82) is 0 Å². The summed E-state index contributed by atoms with van der Waals surface area (Å²) in [6.45, 7) is 1.47. The van der Waals surface area contributed by atoms with E-state index in [4.69, 9.17) is 4.74 Å². The molecule has 0 bridgehead atoms. The Morgan fingerprint density at radius 2 is 2.20 bits per heavy atom. The van der Waals surface area contributed by atoms with Crippen LogP contribution in [0.25, 0.3) is 0 Å². The molecule has 1 heterocycles. The molecule has 5 N–H and O–H groups in total. The summed E-state index contributed by atoms with van der Waals surface area (Å²) >= 11 is 0. The molecule has 25 heavy (non-hydrogen) atoms. The van der Waals surface area contributed by atoms with Crippen LogP contribution in [0.5, 0.6) is 11.5 Å². The van der Waals surface area contributed by atoms with Gasteiger partial charge in [-0.2, -0.15) is 5.10 Å². The van der Waals surface area contributed by atoms with E-state index < -0.39 is 23.2 Å². The predicted molar refractivity (Wildman–Crippen MR) is 89.0 cm³/mol. The van der Waals surface area contributed by atoms with Gasteiger partial charge in [-0.15, -0.1) is 5.10 Å². The third-order valence-electron chi connectivity index (χ3n) is 3.09. The van der Waals surface area contributed by atoms with Gasteiger partial charge >= 0.3 is 5.69 Å². The van der Waals surface area contributed by atoms with Crippen LogP contribution in [0.1, 0.15) is 12.5 Å². The van der Waals surface area contributed by atoms with E-state index in [-0.39, 0.29) is 17.3 Å². The van der Waals surface area contributed by atoms with Gasteiger partial charge in [0.1, 0.15) is 6.04 Å². The molecule has 0 aliphatic heterocycles. The minimum atomic E-state index is -0.865. The summed E-state index contributed by atoms with van der Waals surface area (Å²) in [7, 11) is 1.41. The number of anilines is 1. The molecule has 1 atom stereocenters. The smallest absolute Gasteiger partial charge is 0.342 e. The van der Waals surface area contributed by atoms with Crippen molar-refractivity contribution < 1.29 is 14.6 Å². The lowest BCUT2D eigenvalue weighted by atomic mass is 10.2. The lowest BCUT2D eigenvalue weighted by Gasteiger charge is -2.11. The number of ether oxygens (including phenoxy) is 1. The van der Waals surface area contributed by atoms with Crippen molar-refractivity contribution in [2.24, 2.45) is 5.10 Å². The average molecular weight is 348 g/mol. The van der Waals surface area contributed by atoms with Gasteiger partial charge in [0.15, 0.2) is 11.5 Å². The first kappa shape index (κ1) is 17.7. The second-order valence-corrected chi connectivity index (χ2v) is 4.85. The van der Waals surface area contributed by atoms with Gasteiger partial charge in [0.2, 0.25) is 5.82 Å². The second kappa shape index (κ2) is 7.77. The number of hydrazone groups is 1. The van der Waals surface area contributed by atoms with Crippen LogP contribution in [0.15, 0.2) is 32.9 Å². The van der Waals surface area contributed by atoms with Crippen molar-refractivity contribution in [1.82, 2.24) is 20.6 Å². The molecular weight excluding hydrogens is 332 g/mol. The van der Waals surface area contributed by atoms with E-state index in [2.05, 4.69) is 20.9 Å². The molecule has 0 aliphatic carbocycles. The van der Waals surface area contributed by atoms with E-state index in [9.17, 15) is 19.5 Å². The number of hydrogen-bond donors (Lipinski definition) is 5. The van der Waals surface area contributed by atoms with Gasteiger partial charge in [-0.05, 0) is 19.1 Å². The molecule has 2 rings (SSSR count). The van der Waals surface area contributed by atoms with Crippen LogP contribution in [0, 0.1) is 0 Å². The van der Waals surface area contributed by atoms with Gasteiger partial charge in [0.05, 0.1) is 13.3 Å². The Bertz CT molecular complexity index is 903. The Balaban J connectivity index is 1.99. The van der Waals surface area contributed by atoms with Gasteiger partial charge in [0.25, 0.3) is 11.5 Å². The third kappa shape index (κ3) is 4.43. The molecule has 0 saturated carbocycles. The van der Waals surface area contributed by atoms with Gasteiger partial charge in [-0.1, -0.05) is 6.07 Å². The number of nitrogens with one attached hydrogen (secondary N) is 4. The predicted octanol–water partition coefficient (Wildman–Crippen LogP) is -0.877. The lowest BCUT2D eigenvalue weighted by Crippen LogP contribution is -2.38. The first-order chi connectivity index (χ1) is 11.9. The fourth-order valence-corrected chi connectivity index (χ4v) is 1.79. The zero-order valence-electron chi connectivity index (χ0n) is 13.4. The first-order valence-corrected chi connectivity index (χ1v) is 7.06. The normalized spacial score (nSPS) is 11.9. The summed E-state index contributed by atoms with van der Waals surface area (Å²) in [5.41, 5.74) is 1.09. The van der Waals surface area contributed by atoms with Crippen molar-refractivity contribution in [3.63, 3.8) is 0 Å². The van der Waals surface area contributed by atoms with E-state index in [1.165, 1.54) is 20.2 Å². The fraction of sp³-hybridized carbons (Fsp3) is 0.214. The highest BCUT2D eigenvalue weighted by Crippen LogP contribution is 2.27. The number of H-pyrrole nitrogens is 2. The number of carbonyl (C=O) groups is 1. The molecule has 11 heteroatoms. The highest BCUT2D eigenvalue weighted by atomic mass is 16.5. The van der Waals surface area contributed by atoms with E-state index in [1.807, 2.05) is 10.1 Å². The number of carbonyl (C=O) groups excluding carboxylic acids is 1. The fourth-order valence-electron chi connectivity index (χ4n) is 1.79. The van der Waals surface area contributed by atoms with Gasteiger partial charge in [-0.3, -0.25) is 14.6 Å².